The number of thiocarbonyl (C=S) groups is 1. The average molecular weight is 281 g/mol. The number of ether oxygens (including phenoxy) is 1. The minimum absolute atomic E-state index is 0.0424. The van der Waals surface area contributed by atoms with Crippen LogP contribution >= 0.6 is 12.2 Å². The number of benzene rings is 2. The molecule has 4 heteroatoms. The van der Waals surface area contributed by atoms with Gasteiger partial charge in [0.25, 0.3) is 0 Å². The number of carbonyl (C=O) groups is 1. The molecule has 4 rings (SSSR count). The molecular formula is C16H11NO2S. The highest BCUT2D eigenvalue weighted by molar-refractivity contribution is 7.81. The van der Waals surface area contributed by atoms with Crippen LogP contribution in [0.15, 0.2) is 48.5 Å². The van der Waals surface area contributed by atoms with E-state index in [0.29, 0.717) is 10.4 Å². The Hall–Kier alpha value is -2.20. The standard InChI is InChI=1S/C16H11NO2S/c18-14-9-5-1-3-7-11(9)17-13(14)15-16(20)10-6-2-4-8-12(10)19-15/h1-8,13,15,17H. The van der Waals surface area contributed by atoms with Crippen LogP contribution < -0.4 is 10.1 Å². The van der Waals surface area contributed by atoms with Crippen molar-refractivity contribution < 1.29 is 9.53 Å². The van der Waals surface area contributed by atoms with Crippen molar-refractivity contribution in [2.45, 2.75) is 12.1 Å². The molecular weight excluding hydrogens is 270 g/mol. The third-order valence-corrected chi connectivity index (χ3v) is 4.21. The SMILES string of the molecule is O=C1c2ccccc2NC1C1Oc2ccccc2C1=S. The van der Waals surface area contributed by atoms with Crippen molar-refractivity contribution in [3.05, 3.63) is 59.7 Å². The topological polar surface area (TPSA) is 38.3 Å². The summed E-state index contributed by atoms with van der Waals surface area (Å²) in [6.07, 6.45) is -0.415. The minimum atomic E-state index is -0.438. The van der Waals surface area contributed by atoms with E-state index < -0.39 is 12.1 Å². The van der Waals surface area contributed by atoms with Crippen LogP contribution in [0.1, 0.15) is 15.9 Å². The Bertz CT molecular complexity index is 677. The van der Waals surface area contributed by atoms with Gasteiger partial charge in [0.15, 0.2) is 11.9 Å². The molecule has 0 saturated carbocycles. The lowest BCUT2D eigenvalue weighted by molar-refractivity contribution is 0.0940. The summed E-state index contributed by atoms with van der Waals surface area (Å²) in [6.45, 7) is 0. The van der Waals surface area contributed by atoms with Gasteiger partial charge in [0, 0.05) is 16.8 Å². The summed E-state index contributed by atoms with van der Waals surface area (Å²) in [6, 6.07) is 14.7. The molecule has 2 aromatic rings. The largest absolute Gasteiger partial charge is 0.481 e. The average Bonchev–Trinajstić information content (AvgIpc) is 2.98. The highest BCUT2D eigenvalue weighted by Crippen LogP contribution is 2.35. The molecule has 0 spiro atoms. The molecule has 0 aliphatic carbocycles. The predicted octanol–water partition coefficient (Wildman–Crippen LogP) is 2.84. The lowest BCUT2D eigenvalue weighted by Crippen LogP contribution is -2.42. The van der Waals surface area contributed by atoms with E-state index in [1.807, 2.05) is 48.5 Å². The van der Waals surface area contributed by atoms with Crippen molar-refractivity contribution >= 4 is 28.6 Å². The molecule has 2 aliphatic rings. The number of fused-ring (bicyclic) bond motifs is 2. The molecule has 2 heterocycles. The number of hydrogen-bond donors (Lipinski definition) is 1. The van der Waals surface area contributed by atoms with Gasteiger partial charge < -0.3 is 10.1 Å². The Morgan fingerprint density at radius 3 is 2.45 bits per heavy atom. The summed E-state index contributed by atoms with van der Waals surface area (Å²) in [4.78, 5) is 13.2. The zero-order valence-corrected chi connectivity index (χ0v) is 11.3. The highest BCUT2D eigenvalue weighted by atomic mass is 32.1. The first kappa shape index (κ1) is 11.6. The summed E-state index contributed by atoms with van der Waals surface area (Å²) in [5, 5.41) is 3.23. The Balaban J connectivity index is 1.69. The van der Waals surface area contributed by atoms with E-state index in [9.17, 15) is 4.79 Å². The van der Waals surface area contributed by atoms with Gasteiger partial charge in [-0.05, 0) is 24.3 Å². The third kappa shape index (κ3) is 1.51. The number of para-hydroxylation sites is 2. The Morgan fingerprint density at radius 1 is 1.00 bits per heavy atom. The number of Topliss-reactive ketones (excluding diaryl/α,β-unsaturated/α-hetero) is 1. The monoisotopic (exact) mass is 281 g/mol. The maximum atomic E-state index is 12.5. The van der Waals surface area contributed by atoms with Crippen molar-refractivity contribution in [2.24, 2.45) is 0 Å². The van der Waals surface area contributed by atoms with E-state index in [2.05, 4.69) is 5.32 Å². The fraction of sp³-hybridized carbons (Fsp3) is 0.125. The minimum Gasteiger partial charge on any atom is -0.481 e. The molecule has 0 amide bonds. The normalized spacial score (nSPS) is 23.0. The zero-order valence-electron chi connectivity index (χ0n) is 10.5. The van der Waals surface area contributed by atoms with Crippen molar-refractivity contribution in [1.82, 2.24) is 0 Å². The fourth-order valence-electron chi connectivity index (χ4n) is 2.77. The molecule has 2 atom stereocenters. The van der Waals surface area contributed by atoms with Crippen molar-refractivity contribution in [1.29, 1.82) is 0 Å². The van der Waals surface area contributed by atoms with Gasteiger partial charge in [-0.25, -0.2) is 0 Å². The zero-order chi connectivity index (χ0) is 13.7. The smallest absolute Gasteiger partial charge is 0.191 e. The van der Waals surface area contributed by atoms with E-state index in [1.54, 1.807) is 0 Å². The van der Waals surface area contributed by atoms with Gasteiger partial charge in [-0.15, -0.1) is 0 Å². The van der Waals surface area contributed by atoms with Crippen molar-refractivity contribution in [2.75, 3.05) is 5.32 Å². The maximum Gasteiger partial charge on any atom is 0.191 e. The van der Waals surface area contributed by atoms with E-state index in [-0.39, 0.29) is 5.78 Å². The van der Waals surface area contributed by atoms with Crippen LogP contribution in [0.25, 0.3) is 0 Å². The number of ketones is 1. The first-order valence-corrected chi connectivity index (χ1v) is 6.86. The third-order valence-electron chi connectivity index (χ3n) is 3.75. The number of nitrogens with one attached hydrogen (secondary N) is 1. The molecule has 0 aromatic heterocycles. The number of hydrogen-bond acceptors (Lipinski definition) is 4. The summed E-state index contributed by atoms with van der Waals surface area (Å²) >= 11 is 5.48. The molecule has 0 saturated heterocycles. The molecule has 2 aromatic carbocycles. The second-order valence-electron chi connectivity index (χ2n) is 4.93. The number of rotatable bonds is 1. The number of anilines is 1. The van der Waals surface area contributed by atoms with Crippen LogP contribution in [-0.4, -0.2) is 22.8 Å². The second-order valence-corrected chi connectivity index (χ2v) is 5.37. The quantitative estimate of drug-likeness (QED) is 0.816. The summed E-state index contributed by atoms with van der Waals surface area (Å²) < 4.78 is 5.88. The summed E-state index contributed by atoms with van der Waals surface area (Å²) in [7, 11) is 0. The molecule has 2 unspecified atom stereocenters. The molecule has 20 heavy (non-hydrogen) atoms. The van der Waals surface area contributed by atoms with E-state index in [4.69, 9.17) is 17.0 Å². The van der Waals surface area contributed by atoms with Gasteiger partial charge in [-0.3, -0.25) is 4.79 Å². The van der Waals surface area contributed by atoms with E-state index >= 15 is 0 Å². The first-order valence-electron chi connectivity index (χ1n) is 6.45. The van der Waals surface area contributed by atoms with Crippen LogP contribution in [0.5, 0.6) is 5.75 Å². The van der Waals surface area contributed by atoms with Crippen LogP contribution in [-0.2, 0) is 0 Å². The van der Waals surface area contributed by atoms with E-state index in [1.165, 1.54) is 0 Å². The molecule has 3 nitrogen and oxygen atoms in total. The molecule has 98 valence electrons. The van der Waals surface area contributed by atoms with Gasteiger partial charge in [0.05, 0.1) is 4.86 Å². The molecule has 0 bridgehead atoms. The lowest BCUT2D eigenvalue weighted by atomic mass is 10.00. The van der Waals surface area contributed by atoms with Crippen molar-refractivity contribution in [3.63, 3.8) is 0 Å². The van der Waals surface area contributed by atoms with Gasteiger partial charge >= 0.3 is 0 Å². The van der Waals surface area contributed by atoms with Crippen LogP contribution in [0, 0.1) is 0 Å². The maximum absolute atomic E-state index is 12.5. The second kappa shape index (κ2) is 4.15. The molecule has 0 radical (unpaired) electrons. The van der Waals surface area contributed by atoms with Crippen LogP contribution in [0.3, 0.4) is 0 Å². The summed E-state index contributed by atoms with van der Waals surface area (Å²) in [5.74, 6) is 0.800. The fourth-order valence-corrected chi connectivity index (χ4v) is 3.13. The lowest BCUT2D eigenvalue weighted by Gasteiger charge is -2.18. The van der Waals surface area contributed by atoms with Gasteiger partial charge in [-0.1, -0.05) is 36.5 Å². The van der Waals surface area contributed by atoms with Gasteiger partial charge in [-0.2, -0.15) is 0 Å². The highest BCUT2D eigenvalue weighted by Gasteiger charge is 2.43. The van der Waals surface area contributed by atoms with Crippen LogP contribution in [0.4, 0.5) is 5.69 Å². The first-order chi connectivity index (χ1) is 9.75. The summed E-state index contributed by atoms with van der Waals surface area (Å²) in [5.41, 5.74) is 2.47. The molecule has 2 aliphatic heterocycles. The van der Waals surface area contributed by atoms with E-state index in [0.717, 1.165) is 17.0 Å². The molecule has 0 fully saturated rings. The van der Waals surface area contributed by atoms with Crippen molar-refractivity contribution in [3.8, 4) is 5.75 Å². The number of carbonyl (C=O) groups excluding carboxylic acids is 1. The Morgan fingerprint density at radius 2 is 1.70 bits per heavy atom. The van der Waals surface area contributed by atoms with Crippen LogP contribution in [0.2, 0.25) is 0 Å². The Kier molecular flexibility index (Phi) is 2.41. The molecule has 1 N–H and O–H groups in total. The van der Waals surface area contributed by atoms with Gasteiger partial charge in [0.1, 0.15) is 11.8 Å². The Labute approximate surface area is 121 Å². The predicted molar refractivity (Wildman–Crippen MR) is 80.7 cm³/mol. The van der Waals surface area contributed by atoms with Gasteiger partial charge in [0.2, 0.25) is 0 Å².